The minimum atomic E-state index is -0.348. The second-order valence-corrected chi connectivity index (χ2v) is 4.22. The lowest BCUT2D eigenvalue weighted by molar-refractivity contribution is 0.112. The van der Waals surface area contributed by atoms with Crippen molar-refractivity contribution in [2.75, 3.05) is 0 Å². The molecule has 0 atom stereocenters. The van der Waals surface area contributed by atoms with Crippen LogP contribution < -0.4 is 4.74 Å². The van der Waals surface area contributed by atoms with Crippen LogP contribution in [0.5, 0.6) is 11.5 Å². The molecule has 0 aliphatic carbocycles. The first-order valence-corrected chi connectivity index (χ1v) is 5.66. The van der Waals surface area contributed by atoms with Crippen LogP contribution in [0.25, 0.3) is 0 Å². The number of hydrogen-bond donors (Lipinski definition) is 0. The molecular weight excluding hydrogens is 287 g/mol. The number of aldehydes is 1. The second-order valence-electron chi connectivity index (χ2n) is 3.37. The van der Waals surface area contributed by atoms with E-state index >= 15 is 0 Å². The first-order chi connectivity index (χ1) is 8.19. The molecule has 0 aliphatic heterocycles. The molecular formula is C13H8BrFO2. The molecule has 0 fully saturated rings. The zero-order chi connectivity index (χ0) is 12.3. The van der Waals surface area contributed by atoms with E-state index in [9.17, 15) is 9.18 Å². The maximum Gasteiger partial charge on any atom is 0.150 e. The summed E-state index contributed by atoms with van der Waals surface area (Å²) in [6.07, 6.45) is 0.743. The van der Waals surface area contributed by atoms with E-state index in [1.807, 2.05) is 0 Å². The third-order valence-electron chi connectivity index (χ3n) is 2.12. The predicted molar refractivity (Wildman–Crippen MR) is 66.0 cm³/mol. The standard InChI is InChI=1S/C13H8BrFO2/c14-12-7-11(4-5-13(12)15)17-10-3-1-2-9(6-10)8-16/h1-8H. The molecule has 0 saturated heterocycles. The molecule has 0 amide bonds. The van der Waals surface area contributed by atoms with E-state index in [-0.39, 0.29) is 5.82 Å². The van der Waals surface area contributed by atoms with E-state index in [0.717, 1.165) is 6.29 Å². The van der Waals surface area contributed by atoms with Gasteiger partial charge in [-0.15, -0.1) is 0 Å². The number of carbonyl (C=O) groups is 1. The van der Waals surface area contributed by atoms with Crippen LogP contribution in [-0.4, -0.2) is 6.29 Å². The molecule has 17 heavy (non-hydrogen) atoms. The van der Waals surface area contributed by atoms with Gasteiger partial charge in [-0.3, -0.25) is 4.79 Å². The Morgan fingerprint density at radius 2 is 1.88 bits per heavy atom. The molecule has 4 heteroatoms. The Labute approximate surface area is 106 Å². The summed E-state index contributed by atoms with van der Waals surface area (Å²) in [5.74, 6) is 0.688. The minimum absolute atomic E-state index is 0.335. The number of hydrogen-bond acceptors (Lipinski definition) is 2. The van der Waals surface area contributed by atoms with Crippen molar-refractivity contribution in [1.29, 1.82) is 0 Å². The van der Waals surface area contributed by atoms with Crippen molar-refractivity contribution < 1.29 is 13.9 Å². The van der Waals surface area contributed by atoms with Gasteiger partial charge in [0.1, 0.15) is 23.6 Å². The van der Waals surface area contributed by atoms with Gasteiger partial charge in [-0.25, -0.2) is 4.39 Å². The van der Waals surface area contributed by atoms with Crippen molar-refractivity contribution >= 4 is 22.2 Å². The van der Waals surface area contributed by atoms with E-state index in [2.05, 4.69) is 15.9 Å². The van der Waals surface area contributed by atoms with E-state index in [1.165, 1.54) is 18.2 Å². The van der Waals surface area contributed by atoms with Crippen LogP contribution in [0.4, 0.5) is 4.39 Å². The Kier molecular flexibility index (Phi) is 3.54. The van der Waals surface area contributed by atoms with Gasteiger partial charge in [-0.05, 0) is 46.3 Å². The largest absolute Gasteiger partial charge is 0.457 e. The van der Waals surface area contributed by atoms with Gasteiger partial charge in [0.05, 0.1) is 4.47 Å². The van der Waals surface area contributed by atoms with Gasteiger partial charge in [0.15, 0.2) is 0 Å². The van der Waals surface area contributed by atoms with Crippen LogP contribution >= 0.6 is 15.9 Å². The Morgan fingerprint density at radius 1 is 1.12 bits per heavy atom. The van der Waals surface area contributed by atoms with E-state index < -0.39 is 0 Å². The fourth-order valence-corrected chi connectivity index (χ4v) is 1.69. The summed E-state index contributed by atoms with van der Waals surface area (Å²) in [6, 6.07) is 11.1. The molecule has 0 unspecified atom stereocenters. The van der Waals surface area contributed by atoms with Gasteiger partial charge < -0.3 is 4.74 Å². The van der Waals surface area contributed by atoms with Crippen LogP contribution in [0.3, 0.4) is 0 Å². The topological polar surface area (TPSA) is 26.3 Å². The van der Waals surface area contributed by atoms with Crippen molar-refractivity contribution in [3.05, 3.63) is 58.3 Å². The molecule has 0 heterocycles. The van der Waals surface area contributed by atoms with Gasteiger partial charge in [0, 0.05) is 5.56 Å². The average Bonchev–Trinajstić information content (AvgIpc) is 2.34. The van der Waals surface area contributed by atoms with Crippen LogP contribution in [0.1, 0.15) is 10.4 Å². The minimum Gasteiger partial charge on any atom is -0.457 e. The third-order valence-corrected chi connectivity index (χ3v) is 2.73. The van der Waals surface area contributed by atoms with Crippen molar-refractivity contribution in [2.24, 2.45) is 0 Å². The summed E-state index contributed by atoms with van der Waals surface area (Å²) in [5.41, 5.74) is 0.531. The monoisotopic (exact) mass is 294 g/mol. The Bertz CT molecular complexity index is 555. The number of rotatable bonds is 3. The van der Waals surface area contributed by atoms with Crippen molar-refractivity contribution in [3.8, 4) is 11.5 Å². The molecule has 0 radical (unpaired) electrons. The summed E-state index contributed by atoms with van der Waals surface area (Å²) in [7, 11) is 0. The quantitative estimate of drug-likeness (QED) is 0.793. The van der Waals surface area contributed by atoms with Gasteiger partial charge in [0.2, 0.25) is 0 Å². The van der Waals surface area contributed by atoms with Crippen LogP contribution in [0, 0.1) is 5.82 Å². The summed E-state index contributed by atoms with van der Waals surface area (Å²) in [5, 5.41) is 0. The normalized spacial score (nSPS) is 10.0. The first-order valence-electron chi connectivity index (χ1n) is 4.87. The molecule has 2 rings (SSSR count). The summed E-state index contributed by atoms with van der Waals surface area (Å²) in [4.78, 5) is 10.6. The highest BCUT2D eigenvalue weighted by Gasteiger charge is 2.03. The Hall–Kier alpha value is -1.68. The average molecular weight is 295 g/mol. The Morgan fingerprint density at radius 3 is 2.59 bits per heavy atom. The summed E-state index contributed by atoms with van der Waals surface area (Å²) >= 11 is 3.08. The summed E-state index contributed by atoms with van der Waals surface area (Å²) < 4.78 is 18.8. The first kappa shape index (κ1) is 11.8. The molecule has 0 aliphatic rings. The maximum absolute atomic E-state index is 13.0. The highest BCUT2D eigenvalue weighted by Crippen LogP contribution is 2.26. The lowest BCUT2D eigenvalue weighted by Crippen LogP contribution is -1.87. The second kappa shape index (κ2) is 5.10. The van der Waals surface area contributed by atoms with E-state index in [0.29, 0.717) is 21.5 Å². The van der Waals surface area contributed by atoms with Crippen LogP contribution in [0.2, 0.25) is 0 Å². The number of halogens is 2. The molecule has 0 aromatic heterocycles. The highest BCUT2D eigenvalue weighted by atomic mass is 79.9. The molecule has 2 nitrogen and oxygen atoms in total. The maximum atomic E-state index is 13.0. The molecule has 0 spiro atoms. The molecule has 0 bridgehead atoms. The molecule has 0 saturated carbocycles. The lowest BCUT2D eigenvalue weighted by atomic mass is 10.2. The van der Waals surface area contributed by atoms with Crippen molar-refractivity contribution in [1.82, 2.24) is 0 Å². The highest BCUT2D eigenvalue weighted by molar-refractivity contribution is 9.10. The predicted octanol–water partition coefficient (Wildman–Crippen LogP) is 4.19. The third kappa shape index (κ3) is 2.91. The van der Waals surface area contributed by atoms with E-state index in [1.54, 1.807) is 24.3 Å². The van der Waals surface area contributed by atoms with E-state index in [4.69, 9.17) is 4.74 Å². The van der Waals surface area contributed by atoms with Crippen molar-refractivity contribution in [2.45, 2.75) is 0 Å². The fraction of sp³-hybridized carbons (Fsp3) is 0. The molecule has 0 N–H and O–H groups in total. The summed E-state index contributed by atoms with van der Waals surface area (Å²) in [6.45, 7) is 0. The zero-order valence-corrected chi connectivity index (χ0v) is 10.3. The molecule has 86 valence electrons. The SMILES string of the molecule is O=Cc1cccc(Oc2ccc(F)c(Br)c2)c1. The van der Waals surface area contributed by atoms with Gasteiger partial charge in [-0.1, -0.05) is 12.1 Å². The van der Waals surface area contributed by atoms with Crippen molar-refractivity contribution in [3.63, 3.8) is 0 Å². The fourth-order valence-electron chi connectivity index (χ4n) is 1.33. The zero-order valence-electron chi connectivity index (χ0n) is 8.69. The van der Waals surface area contributed by atoms with Gasteiger partial charge in [-0.2, -0.15) is 0 Å². The molecule has 2 aromatic rings. The van der Waals surface area contributed by atoms with Gasteiger partial charge in [0.25, 0.3) is 0 Å². The van der Waals surface area contributed by atoms with Crippen LogP contribution in [0.15, 0.2) is 46.9 Å². The number of ether oxygens (including phenoxy) is 1. The Balaban J connectivity index is 2.24. The number of carbonyl (C=O) groups excluding carboxylic acids is 1. The lowest BCUT2D eigenvalue weighted by Gasteiger charge is -2.06. The number of benzene rings is 2. The molecule has 2 aromatic carbocycles. The van der Waals surface area contributed by atoms with Gasteiger partial charge >= 0.3 is 0 Å². The smallest absolute Gasteiger partial charge is 0.150 e. The van der Waals surface area contributed by atoms with Crippen LogP contribution in [-0.2, 0) is 0 Å².